The fourth-order valence-corrected chi connectivity index (χ4v) is 4.04. The van der Waals surface area contributed by atoms with Crippen LogP contribution >= 0.6 is 12.4 Å². The van der Waals surface area contributed by atoms with Gasteiger partial charge in [0, 0.05) is 29.3 Å². The molecule has 4 nitrogen and oxygen atoms in total. The van der Waals surface area contributed by atoms with Crippen molar-refractivity contribution >= 4 is 12.4 Å². The summed E-state index contributed by atoms with van der Waals surface area (Å²) in [6.07, 6.45) is 3.54. The highest BCUT2D eigenvalue weighted by Gasteiger charge is 2.21. The highest BCUT2D eigenvalue weighted by Crippen LogP contribution is 2.28. The smallest absolute Gasteiger partial charge is 0.180 e. The van der Waals surface area contributed by atoms with Crippen molar-refractivity contribution in [3.8, 4) is 22.5 Å². The molecule has 4 aromatic rings. The Labute approximate surface area is 181 Å². The Morgan fingerprint density at radius 3 is 2.27 bits per heavy atom. The summed E-state index contributed by atoms with van der Waals surface area (Å²) < 4.78 is 15.2. The van der Waals surface area contributed by atoms with Crippen molar-refractivity contribution < 1.29 is 4.39 Å². The summed E-state index contributed by atoms with van der Waals surface area (Å²) >= 11 is 0. The van der Waals surface area contributed by atoms with Crippen molar-refractivity contribution in [2.45, 2.75) is 25.4 Å². The molecule has 0 radical (unpaired) electrons. The van der Waals surface area contributed by atoms with E-state index >= 15 is 4.39 Å². The molecule has 152 valence electrons. The van der Waals surface area contributed by atoms with Gasteiger partial charge >= 0.3 is 0 Å². The molecule has 3 aromatic carbocycles. The number of aromatic nitrogens is 3. The zero-order chi connectivity index (χ0) is 19.6. The van der Waals surface area contributed by atoms with Gasteiger partial charge in [-0.15, -0.1) is 12.4 Å². The number of nitrogens with zero attached hydrogens (tertiary/aromatic N) is 2. The van der Waals surface area contributed by atoms with Crippen molar-refractivity contribution in [1.82, 2.24) is 20.5 Å². The lowest BCUT2D eigenvalue weighted by molar-refractivity contribution is 0.516. The average Bonchev–Trinajstić information content (AvgIpc) is 3.43. The first-order valence-corrected chi connectivity index (χ1v) is 9.82. The second-order valence-electron chi connectivity index (χ2n) is 7.43. The van der Waals surface area contributed by atoms with Gasteiger partial charge in [-0.25, -0.2) is 9.37 Å². The molecule has 1 aromatic heterocycles. The van der Waals surface area contributed by atoms with E-state index in [0.717, 1.165) is 24.0 Å². The van der Waals surface area contributed by atoms with E-state index in [0.29, 0.717) is 29.5 Å². The van der Waals surface area contributed by atoms with Gasteiger partial charge < -0.3 is 5.32 Å². The highest BCUT2D eigenvalue weighted by molar-refractivity contribution is 5.85. The van der Waals surface area contributed by atoms with Crippen LogP contribution in [0.4, 0.5) is 4.39 Å². The first-order valence-electron chi connectivity index (χ1n) is 9.82. The zero-order valence-corrected chi connectivity index (χ0v) is 17.1. The Morgan fingerprint density at radius 2 is 1.60 bits per heavy atom. The molecule has 0 unspecified atom stereocenters. The average molecular weight is 421 g/mol. The number of benzene rings is 3. The standard InChI is InChI=1S/C24H21FN4.ClH/c25-23-20(14-26-21-12-18-4-1-2-5-19(18)13-21)6-3-7-22(23)16-8-10-17(11-9-16)24-27-15-28-29-24;/h1-11,15,21,26H,12-14H2,(H,27,28,29);1H. The summed E-state index contributed by atoms with van der Waals surface area (Å²) in [5, 5.41) is 10.3. The molecule has 1 aliphatic rings. The van der Waals surface area contributed by atoms with Gasteiger partial charge in [0.2, 0.25) is 0 Å². The van der Waals surface area contributed by atoms with Crippen LogP contribution < -0.4 is 5.32 Å². The van der Waals surface area contributed by atoms with Gasteiger partial charge in [-0.05, 0) is 29.5 Å². The molecule has 0 spiro atoms. The number of aromatic amines is 1. The normalized spacial score (nSPS) is 13.1. The summed E-state index contributed by atoms with van der Waals surface area (Å²) in [5.41, 5.74) is 5.83. The van der Waals surface area contributed by atoms with Gasteiger partial charge in [-0.2, -0.15) is 5.10 Å². The largest absolute Gasteiger partial charge is 0.309 e. The molecule has 30 heavy (non-hydrogen) atoms. The number of H-pyrrole nitrogens is 1. The van der Waals surface area contributed by atoms with Gasteiger partial charge in [0.05, 0.1) is 0 Å². The van der Waals surface area contributed by atoms with Gasteiger partial charge in [-0.3, -0.25) is 5.10 Å². The SMILES string of the molecule is Cl.Fc1c(CNC2Cc3ccccc3C2)cccc1-c1ccc(-c2nc[nH]n2)cc1. The van der Waals surface area contributed by atoms with Gasteiger partial charge in [-0.1, -0.05) is 66.7 Å². The van der Waals surface area contributed by atoms with Crippen molar-refractivity contribution in [3.05, 3.63) is 95.6 Å². The van der Waals surface area contributed by atoms with Crippen molar-refractivity contribution in [3.63, 3.8) is 0 Å². The lowest BCUT2D eigenvalue weighted by Gasteiger charge is -2.14. The molecule has 5 rings (SSSR count). The molecule has 0 aliphatic heterocycles. The number of nitrogens with one attached hydrogen (secondary N) is 2. The topological polar surface area (TPSA) is 53.6 Å². The quantitative estimate of drug-likeness (QED) is 0.480. The molecule has 2 N–H and O–H groups in total. The molecule has 0 bridgehead atoms. The molecular weight excluding hydrogens is 399 g/mol. The van der Waals surface area contributed by atoms with Crippen LogP contribution in [0, 0.1) is 5.82 Å². The molecule has 0 amide bonds. The second-order valence-corrected chi connectivity index (χ2v) is 7.43. The number of fused-ring (bicyclic) bond motifs is 1. The van der Waals surface area contributed by atoms with Crippen LogP contribution in [0.15, 0.2) is 73.1 Å². The van der Waals surface area contributed by atoms with Crippen molar-refractivity contribution in [2.24, 2.45) is 0 Å². The third kappa shape index (κ3) is 3.99. The molecule has 0 fully saturated rings. The van der Waals surface area contributed by atoms with Crippen LogP contribution in [-0.4, -0.2) is 21.2 Å². The van der Waals surface area contributed by atoms with E-state index in [9.17, 15) is 0 Å². The molecular formula is C24H22ClFN4. The van der Waals surface area contributed by atoms with E-state index in [2.05, 4.69) is 44.8 Å². The maximum Gasteiger partial charge on any atom is 0.180 e. The predicted octanol–water partition coefficient (Wildman–Crippen LogP) is 4.96. The van der Waals surface area contributed by atoms with Crippen LogP contribution in [-0.2, 0) is 19.4 Å². The number of hydrogen-bond donors (Lipinski definition) is 2. The third-order valence-corrected chi connectivity index (χ3v) is 5.58. The van der Waals surface area contributed by atoms with Crippen LogP contribution in [0.25, 0.3) is 22.5 Å². The second kappa shape index (κ2) is 8.78. The zero-order valence-electron chi connectivity index (χ0n) is 16.3. The molecule has 0 saturated carbocycles. The van der Waals surface area contributed by atoms with Crippen LogP contribution in [0.1, 0.15) is 16.7 Å². The van der Waals surface area contributed by atoms with Crippen molar-refractivity contribution in [2.75, 3.05) is 0 Å². The van der Waals surface area contributed by atoms with Gasteiger partial charge in [0.1, 0.15) is 12.1 Å². The summed E-state index contributed by atoms with van der Waals surface area (Å²) in [5.74, 6) is 0.466. The first kappa shape index (κ1) is 20.3. The van der Waals surface area contributed by atoms with E-state index in [1.807, 2.05) is 42.5 Å². The summed E-state index contributed by atoms with van der Waals surface area (Å²) in [7, 11) is 0. The summed E-state index contributed by atoms with van der Waals surface area (Å²) in [6, 6.07) is 22.1. The fraction of sp³-hybridized carbons (Fsp3) is 0.167. The monoisotopic (exact) mass is 420 g/mol. The van der Waals surface area contributed by atoms with Gasteiger partial charge in [0.25, 0.3) is 0 Å². The van der Waals surface area contributed by atoms with E-state index in [4.69, 9.17) is 0 Å². The maximum atomic E-state index is 15.2. The lowest BCUT2D eigenvalue weighted by atomic mass is 10.0. The van der Waals surface area contributed by atoms with E-state index in [-0.39, 0.29) is 18.2 Å². The van der Waals surface area contributed by atoms with E-state index in [1.54, 1.807) is 6.33 Å². The summed E-state index contributed by atoms with van der Waals surface area (Å²) in [4.78, 5) is 4.15. The molecule has 1 heterocycles. The Bertz CT molecular complexity index is 1100. The Morgan fingerprint density at radius 1 is 0.900 bits per heavy atom. The number of hydrogen-bond acceptors (Lipinski definition) is 3. The summed E-state index contributed by atoms with van der Waals surface area (Å²) in [6.45, 7) is 0.521. The number of rotatable bonds is 5. The fourth-order valence-electron chi connectivity index (χ4n) is 4.04. The first-order chi connectivity index (χ1) is 14.3. The maximum absolute atomic E-state index is 15.2. The van der Waals surface area contributed by atoms with Crippen LogP contribution in [0.3, 0.4) is 0 Å². The van der Waals surface area contributed by atoms with Crippen LogP contribution in [0.2, 0.25) is 0 Å². The minimum Gasteiger partial charge on any atom is -0.309 e. The van der Waals surface area contributed by atoms with E-state index in [1.165, 1.54) is 11.1 Å². The van der Waals surface area contributed by atoms with Crippen LogP contribution in [0.5, 0.6) is 0 Å². The van der Waals surface area contributed by atoms with Gasteiger partial charge in [0.15, 0.2) is 5.82 Å². The Balaban J connectivity index is 0.00000218. The molecule has 1 aliphatic carbocycles. The molecule has 0 atom stereocenters. The highest BCUT2D eigenvalue weighted by atomic mass is 35.5. The number of halogens is 2. The Hall–Kier alpha value is -3.02. The minimum atomic E-state index is -0.166. The van der Waals surface area contributed by atoms with Crippen molar-refractivity contribution in [1.29, 1.82) is 0 Å². The predicted molar refractivity (Wildman–Crippen MR) is 119 cm³/mol. The molecule has 0 saturated heterocycles. The molecule has 6 heteroatoms. The third-order valence-electron chi connectivity index (χ3n) is 5.58. The Kier molecular flexibility index (Phi) is 5.93. The minimum absolute atomic E-state index is 0. The lowest BCUT2D eigenvalue weighted by Crippen LogP contribution is -2.29. The van der Waals surface area contributed by atoms with E-state index < -0.39 is 0 Å².